The highest BCUT2D eigenvalue weighted by atomic mass is 16.5. The average molecular weight is 284 g/mol. The molecule has 2 aromatic rings. The summed E-state index contributed by atoms with van der Waals surface area (Å²) in [6.07, 6.45) is 8.97. The van der Waals surface area contributed by atoms with Crippen LogP contribution in [-0.2, 0) is 18.4 Å². The second-order valence-corrected chi connectivity index (χ2v) is 4.60. The number of aliphatic imine (C=N–C) groups is 1. The van der Waals surface area contributed by atoms with Crippen LogP contribution in [0, 0.1) is 0 Å². The molecule has 0 bridgehead atoms. The van der Waals surface area contributed by atoms with Gasteiger partial charge in [-0.2, -0.15) is 0 Å². The van der Waals surface area contributed by atoms with Gasteiger partial charge in [-0.15, -0.1) is 0 Å². The van der Waals surface area contributed by atoms with E-state index in [0.29, 0.717) is 6.61 Å². The lowest BCUT2D eigenvalue weighted by Crippen LogP contribution is -2.08. The Morgan fingerprint density at radius 1 is 1.38 bits per heavy atom. The predicted molar refractivity (Wildman–Crippen MR) is 83.8 cm³/mol. The number of hydrogen-bond donors (Lipinski definition) is 0. The SMILES string of the molecule is C/C=C(\C=N/C(C)OCc1nccn1C)c1ccccn1. The normalized spacial score (nSPS) is 13.8. The van der Waals surface area contributed by atoms with Crippen molar-refractivity contribution in [1.29, 1.82) is 0 Å². The minimum absolute atomic E-state index is 0.236. The van der Waals surface area contributed by atoms with Crippen molar-refractivity contribution in [2.24, 2.45) is 12.0 Å². The Hall–Kier alpha value is -2.27. The van der Waals surface area contributed by atoms with Gasteiger partial charge in [-0.1, -0.05) is 12.1 Å². The highest BCUT2D eigenvalue weighted by molar-refractivity contribution is 6.08. The van der Waals surface area contributed by atoms with Crippen LogP contribution in [0.15, 0.2) is 47.9 Å². The van der Waals surface area contributed by atoms with E-state index < -0.39 is 0 Å². The molecule has 1 unspecified atom stereocenters. The molecule has 0 saturated heterocycles. The van der Waals surface area contributed by atoms with E-state index in [9.17, 15) is 0 Å². The minimum Gasteiger partial charge on any atom is -0.349 e. The second kappa shape index (κ2) is 7.50. The first-order chi connectivity index (χ1) is 10.2. The molecule has 5 nitrogen and oxygen atoms in total. The number of aromatic nitrogens is 3. The van der Waals surface area contributed by atoms with Crippen LogP contribution in [0.1, 0.15) is 25.4 Å². The molecule has 2 aromatic heterocycles. The van der Waals surface area contributed by atoms with Gasteiger partial charge in [0, 0.05) is 37.4 Å². The molecule has 0 aliphatic rings. The fourth-order valence-corrected chi connectivity index (χ4v) is 1.78. The van der Waals surface area contributed by atoms with Gasteiger partial charge in [0.15, 0.2) is 0 Å². The van der Waals surface area contributed by atoms with Gasteiger partial charge in [-0.3, -0.25) is 9.98 Å². The van der Waals surface area contributed by atoms with Crippen LogP contribution >= 0.6 is 0 Å². The van der Waals surface area contributed by atoms with Crippen molar-refractivity contribution < 1.29 is 4.74 Å². The van der Waals surface area contributed by atoms with E-state index in [1.807, 2.05) is 55.9 Å². The summed E-state index contributed by atoms with van der Waals surface area (Å²) >= 11 is 0. The Balaban J connectivity index is 1.92. The van der Waals surface area contributed by atoms with Gasteiger partial charge in [0.1, 0.15) is 18.7 Å². The Bertz CT molecular complexity index is 616. The third-order valence-corrected chi connectivity index (χ3v) is 3.07. The summed E-state index contributed by atoms with van der Waals surface area (Å²) in [6, 6.07) is 5.81. The number of hydrogen-bond acceptors (Lipinski definition) is 4. The molecule has 0 amide bonds. The number of nitrogens with zero attached hydrogens (tertiary/aromatic N) is 4. The van der Waals surface area contributed by atoms with Gasteiger partial charge in [0.25, 0.3) is 0 Å². The first-order valence-electron chi connectivity index (χ1n) is 6.89. The fraction of sp³-hybridized carbons (Fsp3) is 0.312. The zero-order chi connectivity index (χ0) is 15.1. The van der Waals surface area contributed by atoms with Gasteiger partial charge in [0.2, 0.25) is 0 Å². The van der Waals surface area contributed by atoms with Crippen molar-refractivity contribution in [1.82, 2.24) is 14.5 Å². The van der Waals surface area contributed by atoms with Crippen LogP contribution in [0.5, 0.6) is 0 Å². The van der Waals surface area contributed by atoms with Crippen molar-refractivity contribution in [3.8, 4) is 0 Å². The molecule has 2 rings (SSSR count). The Morgan fingerprint density at radius 2 is 2.24 bits per heavy atom. The van der Waals surface area contributed by atoms with E-state index in [0.717, 1.165) is 17.1 Å². The average Bonchev–Trinajstić information content (AvgIpc) is 2.92. The number of rotatable bonds is 6. The maximum atomic E-state index is 5.67. The monoisotopic (exact) mass is 284 g/mol. The van der Waals surface area contributed by atoms with Crippen molar-refractivity contribution in [3.63, 3.8) is 0 Å². The van der Waals surface area contributed by atoms with Crippen molar-refractivity contribution in [3.05, 3.63) is 54.4 Å². The van der Waals surface area contributed by atoms with E-state index in [2.05, 4.69) is 15.0 Å². The molecule has 0 aliphatic carbocycles. The van der Waals surface area contributed by atoms with Gasteiger partial charge in [-0.25, -0.2) is 4.98 Å². The maximum Gasteiger partial charge on any atom is 0.146 e. The Kier molecular flexibility index (Phi) is 5.40. The maximum absolute atomic E-state index is 5.67. The van der Waals surface area contributed by atoms with Crippen LogP contribution in [-0.4, -0.2) is 27.0 Å². The molecule has 0 N–H and O–H groups in total. The standard InChI is InChI=1S/C16H20N4O/c1-4-14(15-7-5-6-8-17-15)11-19-13(2)21-12-16-18-9-10-20(16)3/h4-11,13H,12H2,1-3H3/b14-4+,19-11-. The van der Waals surface area contributed by atoms with E-state index >= 15 is 0 Å². The Morgan fingerprint density at radius 3 is 2.86 bits per heavy atom. The molecule has 1 atom stereocenters. The molecule has 110 valence electrons. The van der Waals surface area contributed by atoms with Gasteiger partial charge in [-0.05, 0) is 26.0 Å². The highest BCUT2D eigenvalue weighted by Gasteiger charge is 2.04. The van der Waals surface area contributed by atoms with Crippen LogP contribution < -0.4 is 0 Å². The molecule has 2 heterocycles. The lowest BCUT2D eigenvalue weighted by Gasteiger charge is -2.08. The summed E-state index contributed by atoms with van der Waals surface area (Å²) in [5, 5.41) is 0. The van der Waals surface area contributed by atoms with Crippen LogP contribution in [0.3, 0.4) is 0 Å². The summed E-state index contributed by atoms with van der Waals surface area (Å²) in [6.45, 7) is 4.32. The first-order valence-corrected chi connectivity index (χ1v) is 6.89. The fourth-order valence-electron chi connectivity index (χ4n) is 1.78. The van der Waals surface area contributed by atoms with E-state index in [1.165, 1.54) is 0 Å². The van der Waals surface area contributed by atoms with Crippen molar-refractivity contribution >= 4 is 11.8 Å². The van der Waals surface area contributed by atoms with Gasteiger partial charge < -0.3 is 9.30 Å². The molecule has 0 fully saturated rings. The summed E-state index contributed by atoms with van der Waals surface area (Å²) in [5.74, 6) is 0.882. The predicted octanol–water partition coefficient (Wildman–Crippen LogP) is 2.85. The van der Waals surface area contributed by atoms with Crippen LogP contribution in [0.2, 0.25) is 0 Å². The number of imidazole rings is 1. The zero-order valence-corrected chi connectivity index (χ0v) is 12.6. The van der Waals surface area contributed by atoms with E-state index in [1.54, 1.807) is 18.6 Å². The number of aryl methyl sites for hydroxylation is 1. The second-order valence-electron chi connectivity index (χ2n) is 4.60. The highest BCUT2D eigenvalue weighted by Crippen LogP contribution is 2.09. The third-order valence-electron chi connectivity index (χ3n) is 3.07. The van der Waals surface area contributed by atoms with Crippen LogP contribution in [0.25, 0.3) is 5.57 Å². The van der Waals surface area contributed by atoms with Gasteiger partial charge >= 0.3 is 0 Å². The smallest absolute Gasteiger partial charge is 0.146 e. The summed E-state index contributed by atoms with van der Waals surface area (Å²) in [7, 11) is 1.94. The number of ether oxygens (including phenoxy) is 1. The van der Waals surface area contributed by atoms with E-state index in [4.69, 9.17) is 4.74 Å². The molecule has 0 aliphatic heterocycles. The Labute approximate surface area is 125 Å². The quantitative estimate of drug-likeness (QED) is 0.766. The topological polar surface area (TPSA) is 52.3 Å². The summed E-state index contributed by atoms with van der Waals surface area (Å²) < 4.78 is 7.60. The molecular formula is C16H20N4O. The number of pyridine rings is 1. The largest absolute Gasteiger partial charge is 0.349 e. The summed E-state index contributed by atoms with van der Waals surface area (Å²) in [5.41, 5.74) is 1.88. The molecule has 21 heavy (non-hydrogen) atoms. The molecule has 0 aromatic carbocycles. The van der Waals surface area contributed by atoms with E-state index in [-0.39, 0.29) is 6.23 Å². The molecule has 5 heteroatoms. The lowest BCUT2D eigenvalue weighted by molar-refractivity contribution is 0.0542. The van der Waals surface area contributed by atoms with Crippen molar-refractivity contribution in [2.75, 3.05) is 0 Å². The zero-order valence-electron chi connectivity index (χ0n) is 12.6. The van der Waals surface area contributed by atoms with Crippen LogP contribution in [0.4, 0.5) is 0 Å². The molecule has 0 radical (unpaired) electrons. The van der Waals surface area contributed by atoms with Crippen molar-refractivity contribution in [2.45, 2.75) is 26.7 Å². The molecular weight excluding hydrogens is 264 g/mol. The lowest BCUT2D eigenvalue weighted by atomic mass is 10.2. The molecule has 0 saturated carbocycles. The first kappa shape index (κ1) is 15.1. The number of allylic oxidation sites excluding steroid dienone is 2. The minimum atomic E-state index is -0.236. The molecule has 0 spiro atoms. The third kappa shape index (κ3) is 4.36. The van der Waals surface area contributed by atoms with Gasteiger partial charge in [0.05, 0.1) is 5.69 Å². The summed E-state index contributed by atoms with van der Waals surface area (Å²) in [4.78, 5) is 12.9.